The highest BCUT2D eigenvalue weighted by Gasteiger charge is 2.08. The van der Waals surface area contributed by atoms with E-state index in [0.29, 0.717) is 23.3 Å². The molecule has 0 aliphatic carbocycles. The van der Waals surface area contributed by atoms with Crippen LogP contribution in [0.25, 0.3) is 11.5 Å². The molecule has 1 heterocycles. The van der Waals surface area contributed by atoms with Crippen LogP contribution >= 0.6 is 0 Å². The second-order valence-electron chi connectivity index (χ2n) is 5.38. The molecule has 1 aromatic heterocycles. The van der Waals surface area contributed by atoms with E-state index in [1.165, 1.54) is 6.26 Å². The minimum atomic E-state index is -3.15. The van der Waals surface area contributed by atoms with Crippen molar-refractivity contribution < 1.29 is 12.9 Å². The molecular formula is C17H17N3O3S. The van der Waals surface area contributed by atoms with Gasteiger partial charge in [-0.3, -0.25) is 0 Å². The molecule has 0 amide bonds. The lowest BCUT2D eigenvalue weighted by Gasteiger charge is -2.03. The van der Waals surface area contributed by atoms with E-state index in [4.69, 9.17) is 4.52 Å². The van der Waals surface area contributed by atoms with Gasteiger partial charge >= 0.3 is 0 Å². The van der Waals surface area contributed by atoms with Crippen LogP contribution in [0.2, 0.25) is 0 Å². The lowest BCUT2D eigenvalue weighted by atomic mass is 10.1. The van der Waals surface area contributed by atoms with Crippen molar-refractivity contribution >= 4 is 15.8 Å². The fourth-order valence-electron chi connectivity index (χ4n) is 2.22. The first-order valence-electron chi connectivity index (χ1n) is 7.44. The lowest BCUT2D eigenvalue weighted by molar-refractivity contribution is 0.432. The number of sulfone groups is 1. The minimum absolute atomic E-state index is 0.324. The van der Waals surface area contributed by atoms with E-state index in [0.717, 1.165) is 17.5 Å². The highest BCUT2D eigenvalue weighted by atomic mass is 32.2. The van der Waals surface area contributed by atoms with Gasteiger partial charge in [-0.1, -0.05) is 30.3 Å². The lowest BCUT2D eigenvalue weighted by Crippen LogP contribution is -2.06. The van der Waals surface area contributed by atoms with Crippen LogP contribution in [0.3, 0.4) is 0 Å². The van der Waals surface area contributed by atoms with Crippen molar-refractivity contribution in [2.24, 2.45) is 0 Å². The second kappa shape index (κ2) is 6.84. The molecule has 2 aromatic carbocycles. The van der Waals surface area contributed by atoms with Crippen molar-refractivity contribution in [2.75, 3.05) is 18.1 Å². The molecule has 0 fully saturated rings. The Morgan fingerprint density at radius 3 is 2.42 bits per heavy atom. The van der Waals surface area contributed by atoms with Gasteiger partial charge < -0.3 is 9.84 Å². The summed E-state index contributed by atoms with van der Waals surface area (Å²) in [5, 5.41) is 6.99. The fraction of sp³-hybridized carbons (Fsp3) is 0.176. The van der Waals surface area contributed by atoms with Gasteiger partial charge in [0.15, 0.2) is 9.84 Å². The van der Waals surface area contributed by atoms with Crippen molar-refractivity contribution in [1.29, 1.82) is 0 Å². The Morgan fingerprint density at radius 2 is 1.75 bits per heavy atom. The molecule has 7 heteroatoms. The van der Waals surface area contributed by atoms with Gasteiger partial charge in [0.05, 0.1) is 4.90 Å². The molecule has 0 saturated heterocycles. The number of hydrogen-bond donors (Lipinski definition) is 1. The molecule has 0 spiro atoms. The van der Waals surface area contributed by atoms with Gasteiger partial charge in [0.1, 0.15) is 0 Å². The summed E-state index contributed by atoms with van der Waals surface area (Å²) in [7, 11) is -3.15. The molecule has 0 aliphatic rings. The zero-order valence-corrected chi connectivity index (χ0v) is 14.0. The van der Waals surface area contributed by atoms with Crippen LogP contribution in [-0.4, -0.2) is 31.4 Å². The number of benzene rings is 2. The highest BCUT2D eigenvalue weighted by molar-refractivity contribution is 7.90. The molecule has 3 rings (SSSR count). The third-order valence-electron chi connectivity index (χ3n) is 3.50. The minimum Gasteiger partial charge on any atom is -0.351 e. The smallest absolute Gasteiger partial charge is 0.263 e. The van der Waals surface area contributed by atoms with Gasteiger partial charge in [0.25, 0.3) is 11.8 Å². The topological polar surface area (TPSA) is 85.1 Å². The normalized spacial score (nSPS) is 11.4. The Kier molecular flexibility index (Phi) is 4.61. The number of rotatable bonds is 6. The third-order valence-corrected chi connectivity index (χ3v) is 4.62. The zero-order valence-electron chi connectivity index (χ0n) is 13.1. The first-order valence-corrected chi connectivity index (χ1v) is 9.33. The molecule has 0 saturated carbocycles. The van der Waals surface area contributed by atoms with Crippen LogP contribution in [0.4, 0.5) is 5.95 Å². The summed E-state index contributed by atoms with van der Waals surface area (Å²) >= 11 is 0. The molecule has 3 aromatic rings. The predicted octanol–water partition coefficient (Wildman–Crippen LogP) is 2.79. The highest BCUT2D eigenvalue weighted by Crippen LogP contribution is 2.17. The third kappa shape index (κ3) is 3.99. The molecule has 6 nitrogen and oxygen atoms in total. The number of anilines is 1. The average molecular weight is 343 g/mol. The van der Waals surface area contributed by atoms with E-state index in [-0.39, 0.29) is 0 Å². The molecular weight excluding hydrogens is 326 g/mol. The van der Waals surface area contributed by atoms with E-state index in [9.17, 15) is 8.42 Å². The Bertz CT molecular complexity index is 904. The van der Waals surface area contributed by atoms with Crippen LogP contribution < -0.4 is 5.32 Å². The van der Waals surface area contributed by atoms with Gasteiger partial charge in [-0.25, -0.2) is 8.42 Å². The van der Waals surface area contributed by atoms with E-state index in [2.05, 4.69) is 15.5 Å². The van der Waals surface area contributed by atoms with Crippen molar-refractivity contribution in [1.82, 2.24) is 10.1 Å². The number of hydrogen-bond acceptors (Lipinski definition) is 6. The average Bonchev–Trinajstić information content (AvgIpc) is 3.04. The maximum Gasteiger partial charge on any atom is 0.263 e. The molecule has 1 N–H and O–H groups in total. The van der Waals surface area contributed by atoms with Crippen LogP contribution in [0.1, 0.15) is 5.56 Å². The van der Waals surface area contributed by atoms with Gasteiger partial charge in [0, 0.05) is 18.4 Å². The summed E-state index contributed by atoms with van der Waals surface area (Å²) in [6.07, 6.45) is 1.92. The molecule has 0 bridgehead atoms. The van der Waals surface area contributed by atoms with Crippen LogP contribution in [0.15, 0.2) is 64.0 Å². The fourth-order valence-corrected chi connectivity index (χ4v) is 2.85. The number of nitrogens with one attached hydrogen (secondary N) is 1. The maximum absolute atomic E-state index is 11.4. The first-order chi connectivity index (χ1) is 11.5. The van der Waals surface area contributed by atoms with Crippen LogP contribution in [-0.2, 0) is 16.3 Å². The Hall–Kier alpha value is -2.67. The number of aromatic nitrogens is 2. The standard InChI is InChI=1S/C17H17N3O3S/c1-24(21,22)15-9-7-13(8-10-15)11-12-18-17-19-16(23-20-17)14-5-3-2-4-6-14/h2-10H,11-12H2,1H3,(H,18,20). The van der Waals surface area contributed by atoms with Crippen molar-refractivity contribution in [2.45, 2.75) is 11.3 Å². The molecule has 24 heavy (non-hydrogen) atoms. The van der Waals surface area contributed by atoms with Crippen LogP contribution in [0, 0.1) is 0 Å². The van der Waals surface area contributed by atoms with Crippen molar-refractivity contribution in [3.05, 3.63) is 60.2 Å². The summed E-state index contributed by atoms with van der Waals surface area (Å²) in [4.78, 5) is 4.61. The second-order valence-corrected chi connectivity index (χ2v) is 7.40. The van der Waals surface area contributed by atoms with Gasteiger partial charge in [-0.15, -0.1) is 0 Å². The summed E-state index contributed by atoms with van der Waals surface area (Å²) in [5.74, 6) is 0.900. The van der Waals surface area contributed by atoms with Gasteiger partial charge in [0.2, 0.25) is 0 Å². The van der Waals surface area contributed by atoms with Gasteiger partial charge in [-0.2, -0.15) is 4.98 Å². The predicted molar refractivity (Wildman–Crippen MR) is 91.5 cm³/mol. The van der Waals surface area contributed by atoms with Crippen molar-refractivity contribution in [3.63, 3.8) is 0 Å². The Balaban J connectivity index is 1.56. The Morgan fingerprint density at radius 1 is 1.04 bits per heavy atom. The zero-order chi connectivity index (χ0) is 17.0. The molecule has 0 unspecified atom stereocenters. The SMILES string of the molecule is CS(=O)(=O)c1ccc(CCNc2noc(-c3ccccc3)n2)cc1. The van der Waals surface area contributed by atoms with E-state index in [1.54, 1.807) is 12.1 Å². The number of nitrogens with zero attached hydrogens (tertiary/aromatic N) is 2. The van der Waals surface area contributed by atoms with E-state index in [1.807, 2.05) is 42.5 Å². The van der Waals surface area contributed by atoms with Crippen LogP contribution in [0.5, 0.6) is 0 Å². The molecule has 0 atom stereocenters. The summed E-state index contributed by atoms with van der Waals surface area (Å²) in [6, 6.07) is 16.4. The summed E-state index contributed by atoms with van der Waals surface area (Å²) in [6.45, 7) is 0.617. The molecule has 0 aliphatic heterocycles. The van der Waals surface area contributed by atoms with E-state index >= 15 is 0 Å². The van der Waals surface area contributed by atoms with E-state index < -0.39 is 9.84 Å². The first kappa shape index (κ1) is 16.2. The Labute approximate surface area is 140 Å². The molecule has 124 valence electrons. The molecule has 0 radical (unpaired) electrons. The van der Waals surface area contributed by atoms with Crippen molar-refractivity contribution in [3.8, 4) is 11.5 Å². The monoisotopic (exact) mass is 343 g/mol. The quantitative estimate of drug-likeness (QED) is 0.741. The summed E-state index contributed by atoms with van der Waals surface area (Å²) < 4.78 is 28.1. The maximum atomic E-state index is 11.4. The van der Waals surface area contributed by atoms with Gasteiger partial charge in [-0.05, 0) is 41.4 Å². The summed E-state index contributed by atoms with van der Waals surface area (Å²) in [5.41, 5.74) is 1.90. The largest absolute Gasteiger partial charge is 0.351 e.